The summed E-state index contributed by atoms with van der Waals surface area (Å²) in [7, 11) is 1.70. The highest BCUT2D eigenvalue weighted by molar-refractivity contribution is 5.28. The molecule has 102 valence electrons. The Morgan fingerprint density at radius 1 is 1.28 bits per heavy atom. The minimum absolute atomic E-state index is 0.0799. The first kappa shape index (κ1) is 15.2. The van der Waals surface area contributed by atoms with Crippen LogP contribution in [-0.4, -0.2) is 32.9 Å². The summed E-state index contributed by atoms with van der Waals surface area (Å²) in [6.45, 7) is 8.67. The minimum Gasteiger partial charge on any atom is -0.382 e. The summed E-state index contributed by atoms with van der Waals surface area (Å²) in [5.41, 5.74) is 2.52. The van der Waals surface area contributed by atoms with Gasteiger partial charge in [0.2, 0.25) is 0 Å². The molecule has 0 bridgehead atoms. The van der Waals surface area contributed by atoms with Gasteiger partial charge in [-0.05, 0) is 31.5 Å². The molecule has 3 nitrogen and oxygen atoms in total. The van der Waals surface area contributed by atoms with E-state index in [-0.39, 0.29) is 12.2 Å². The summed E-state index contributed by atoms with van der Waals surface area (Å²) in [6.07, 6.45) is 0.176. The lowest BCUT2D eigenvalue weighted by atomic mass is 10.0. The molecule has 0 saturated heterocycles. The van der Waals surface area contributed by atoms with Crippen molar-refractivity contribution in [1.29, 1.82) is 0 Å². The van der Waals surface area contributed by atoms with Gasteiger partial charge in [-0.3, -0.25) is 0 Å². The van der Waals surface area contributed by atoms with E-state index >= 15 is 0 Å². The SMILES string of the molecule is CCNCC(OC(C)COC)c1ccccc1C. The quantitative estimate of drug-likeness (QED) is 0.770. The monoisotopic (exact) mass is 251 g/mol. The van der Waals surface area contributed by atoms with Crippen LogP contribution in [0, 0.1) is 6.92 Å². The molecule has 0 radical (unpaired) electrons. The number of methoxy groups -OCH3 is 1. The summed E-state index contributed by atoms with van der Waals surface area (Å²) in [5, 5.41) is 3.36. The Bertz CT molecular complexity index is 341. The molecule has 2 unspecified atom stereocenters. The number of ether oxygens (including phenoxy) is 2. The smallest absolute Gasteiger partial charge is 0.0956 e. The van der Waals surface area contributed by atoms with Crippen LogP contribution in [0.4, 0.5) is 0 Å². The fourth-order valence-electron chi connectivity index (χ4n) is 2.01. The second-order valence-corrected chi connectivity index (χ2v) is 4.55. The third-order valence-electron chi connectivity index (χ3n) is 2.91. The molecule has 1 rings (SSSR count). The molecule has 1 aromatic rings. The largest absolute Gasteiger partial charge is 0.382 e. The zero-order valence-corrected chi connectivity index (χ0v) is 11.9. The topological polar surface area (TPSA) is 30.5 Å². The molecular formula is C15H25NO2. The summed E-state index contributed by atoms with van der Waals surface area (Å²) < 4.78 is 11.2. The van der Waals surface area contributed by atoms with E-state index < -0.39 is 0 Å². The maximum atomic E-state index is 6.07. The molecule has 0 aliphatic carbocycles. The Kier molecular flexibility index (Phi) is 6.94. The third-order valence-corrected chi connectivity index (χ3v) is 2.91. The van der Waals surface area contributed by atoms with Gasteiger partial charge in [-0.1, -0.05) is 31.2 Å². The number of benzene rings is 1. The Balaban J connectivity index is 2.74. The highest BCUT2D eigenvalue weighted by Crippen LogP contribution is 2.22. The van der Waals surface area contributed by atoms with Crippen LogP contribution in [0.3, 0.4) is 0 Å². The van der Waals surface area contributed by atoms with Crippen molar-refractivity contribution in [3.8, 4) is 0 Å². The van der Waals surface area contributed by atoms with Crippen LogP contribution in [0.1, 0.15) is 31.1 Å². The fourth-order valence-corrected chi connectivity index (χ4v) is 2.01. The first-order valence-electron chi connectivity index (χ1n) is 6.59. The number of rotatable bonds is 8. The second kappa shape index (κ2) is 8.25. The van der Waals surface area contributed by atoms with Crippen molar-refractivity contribution in [2.75, 3.05) is 26.8 Å². The van der Waals surface area contributed by atoms with Crippen LogP contribution in [0.15, 0.2) is 24.3 Å². The van der Waals surface area contributed by atoms with E-state index in [1.807, 2.05) is 6.92 Å². The molecule has 1 N–H and O–H groups in total. The van der Waals surface area contributed by atoms with Crippen LogP contribution in [0.5, 0.6) is 0 Å². The number of nitrogens with one attached hydrogen (secondary N) is 1. The number of aryl methyl sites for hydroxylation is 1. The molecule has 0 aliphatic heterocycles. The van der Waals surface area contributed by atoms with E-state index in [4.69, 9.17) is 9.47 Å². The molecular weight excluding hydrogens is 226 g/mol. The Hall–Kier alpha value is -0.900. The molecule has 0 aliphatic rings. The van der Waals surface area contributed by atoms with E-state index in [1.54, 1.807) is 7.11 Å². The number of hydrogen-bond donors (Lipinski definition) is 1. The van der Waals surface area contributed by atoms with E-state index in [0.717, 1.165) is 13.1 Å². The molecule has 2 atom stereocenters. The molecule has 0 aromatic heterocycles. The van der Waals surface area contributed by atoms with Crippen molar-refractivity contribution in [2.24, 2.45) is 0 Å². The van der Waals surface area contributed by atoms with Crippen molar-refractivity contribution in [3.05, 3.63) is 35.4 Å². The minimum atomic E-state index is 0.0799. The molecule has 0 amide bonds. The van der Waals surface area contributed by atoms with Crippen LogP contribution in [0.25, 0.3) is 0 Å². The van der Waals surface area contributed by atoms with Crippen molar-refractivity contribution in [2.45, 2.75) is 33.0 Å². The molecule has 3 heteroatoms. The second-order valence-electron chi connectivity index (χ2n) is 4.55. The standard InChI is InChI=1S/C15H25NO2/c1-5-16-10-15(18-13(3)11-17-4)14-9-7-6-8-12(14)2/h6-9,13,15-16H,5,10-11H2,1-4H3. The van der Waals surface area contributed by atoms with Gasteiger partial charge < -0.3 is 14.8 Å². The first-order chi connectivity index (χ1) is 8.69. The predicted octanol–water partition coefficient (Wildman–Crippen LogP) is 2.70. The predicted molar refractivity (Wildman–Crippen MR) is 74.9 cm³/mol. The molecule has 0 spiro atoms. The van der Waals surface area contributed by atoms with Crippen molar-refractivity contribution in [3.63, 3.8) is 0 Å². The van der Waals surface area contributed by atoms with E-state index in [2.05, 4.69) is 43.4 Å². The number of hydrogen-bond acceptors (Lipinski definition) is 3. The molecule has 0 saturated carbocycles. The normalized spacial score (nSPS) is 14.4. The first-order valence-corrected chi connectivity index (χ1v) is 6.59. The van der Waals surface area contributed by atoms with Gasteiger partial charge in [0.1, 0.15) is 0 Å². The molecule has 0 heterocycles. The zero-order valence-electron chi connectivity index (χ0n) is 11.9. The highest BCUT2D eigenvalue weighted by atomic mass is 16.5. The summed E-state index contributed by atoms with van der Waals surface area (Å²) in [4.78, 5) is 0. The van der Waals surface area contributed by atoms with Gasteiger partial charge in [0, 0.05) is 13.7 Å². The van der Waals surface area contributed by atoms with Gasteiger partial charge in [-0.2, -0.15) is 0 Å². The Labute approximate surface area is 110 Å². The van der Waals surface area contributed by atoms with Gasteiger partial charge in [-0.25, -0.2) is 0 Å². The zero-order chi connectivity index (χ0) is 13.4. The van der Waals surface area contributed by atoms with Crippen LogP contribution in [-0.2, 0) is 9.47 Å². The van der Waals surface area contributed by atoms with Gasteiger partial charge in [0.15, 0.2) is 0 Å². The number of likely N-dealkylation sites (N-methyl/N-ethyl adjacent to an activating group) is 1. The molecule has 18 heavy (non-hydrogen) atoms. The lowest BCUT2D eigenvalue weighted by Crippen LogP contribution is -2.28. The average Bonchev–Trinajstić information content (AvgIpc) is 2.35. The summed E-state index contributed by atoms with van der Waals surface area (Å²) in [5.74, 6) is 0. The van der Waals surface area contributed by atoms with Gasteiger partial charge in [0.05, 0.1) is 18.8 Å². The van der Waals surface area contributed by atoms with Crippen molar-refractivity contribution in [1.82, 2.24) is 5.32 Å². The third kappa shape index (κ3) is 4.77. The van der Waals surface area contributed by atoms with Gasteiger partial charge >= 0.3 is 0 Å². The Morgan fingerprint density at radius 2 is 2.00 bits per heavy atom. The average molecular weight is 251 g/mol. The van der Waals surface area contributed by atoms with Crippen molar-refractivity contribution >= 4 is 0 Å². The van der Waals surface area contributed by atoms with E-state index in [0.29, 0.717) is 6.61 Å². The maximum Gasteiger partial charge on any atom is 0.0956 e. The van der Waals surface area contributed by atoms with Crippen LogP contribution < -0.4 is 5.32 Å². The molecule has 1 aromatic carbocycles. The lowest BCUT2D eigenvalue weighted by molar-refractivity contribution is -0.0394. The van der Waals surface area contributed by atoms with E-state index in [1.165, 1.54) is 11.1 Å². The van der Waals surface area contributed by atoms with Crippen molar-refractivity contribution < 1.29 is 9.47 Å². The van der Waals surface area contributed by atoms with Gasteiger partial charge in [0.25, 0.3) is 0 Å². The fraction of sp³-hybridized carbons (Fsp3) is 0.600. The lowest BCUT2D eigenvalue weighted by Gasteiger charge is -2.24. The summed E-state index contributed by atoms with van der Waals surface area (Å²) in [6, 6.07) is 8.38. The maximum absolute atomic E-state index is 6.07. The van der Waals surface area contributed by atoms with Gasteiger partial charge in [-0.15, -0.1) is 0 Å². The highest BCUT2D eigenvalue weighted by Gasteiger charge is 2.16. The summed E-state index contributed by atoms with van der Waals surface area (Å²) >= 11 is 0. The molecule has 0 fully saturated rings. The van der Waals surface area contributed by atoms with E-state index in [9.17, 15) is 0 Å². The Morgan fingerprint density at radius 3 is 2.61 bits per heavy atom. The van der Waals surface area contributed by atoms with Crippen LogP contribution >= 0.6 is 0 Å². The van der Waals surface area contributed by atoms with Crippen LogP contribution in [0.2, 0.25) is 0 Å².